The lowest BCUT2D eigenvalue weighted by Crippen LogP contribution is -2.16. The fourth-order valence-corrected chi connectivity index (χ4v) is 2.67. The van der Waals surface area contributed by atoms with Crippen LogP contribution in [0.15, 0.2) is 34.7 Å². The normalized spacial score (nSPS) is 10.9. The number of anilines is 1. The molecule has 1 heterocycles. The Bertz CT molecular complexity index is 1070. The second-order valence-corrected chi connectivity index (χ2v) is 6.37. The van der Waals surface area contributed by atoms with Gasteiger partial charge in [0.1, 0.15) is 23.8 Å². The summed E-state index contributed by atoms with van der Waals surface area (Å²) in [5.74, 6) is -12.3. The van der Waals surface area contributed by atoms with Gasteiger partial charge in [-0.15, -0.1) is 0 Å². The van der Waals surface area contributed by atoms with Gasteiger partial charge < -0.3 is 14.5 Å². The van der Waals surface area contributed by atoms with E-state index in [0.29, 0.717) is 5.02 Å². The minimum atomic E-state index is -2.34. The third kappa shape index (κ3) is 4.30. The van der Waals surface area contributed by atoms with Gasteiger partial charge in [-0.1, -0.05) is 23.2 Å². The Balaban J connectivity index is 1.73. The molecule has 3 rings (SSSR count). The van der Waals surface area contributed by atoms with Crippen molar-refractivity contribution in [1.29, 1.82) is 0 Å². The maximum absolute atomic E-state index is 13.7. The van der Waals surface area contributed by atoms with Crippen molar-refractivity contribution in [2.75, 3.05) is 5.32 Å². The van der Waals surface area contributed by atoms with E-state index in [1.807, 2.05) is 0 Å². The van der Waals surface area contributed by atoms with E-state index >= 15 is 0 Å². The molecular formula is C18H8Cl2F5NO3. The van der Waals surface area contributed by atoms with E-state index in [0.717, 1.165) is 6.07 Å². The maximum Gasteiger partial charge on any atom is 0.291 e. The first-order valence-electron chi connectivity index (χ1n) is 7.68. The van der Waals surface area contributed by atoms with Crippen molar-refractivity contribution in [2.24, 2.45) is 0 Å². The highest BCUT2D eigenvalue weighted by Gasteiger charge is 2.27. The van der Waals surface area contributed by atoms with Gasteiger partial charge in [0, 0.05) is 5.02 Å². The van der Waals surface area contributed by atoms with E-state index in [-0.39, 0.29) is 23.1 Å². The third-order valence-corrected chi connectivity index (χ3v) is 4.13. The highest BCUT2D eigenvalue weighted by atomic mass is 35.5. The van der Waals surface area contributed by atoms with Crippen LogP contribution in [0.5, 0.6) is 5.75 Å². The number of carbonyl (C=O) groups excluding carboxylic acids is 1. The van der Waals surface area contributed by atoms with Gasteiger partial charge in [0.25, 0.3) is 5.91 Å². The number of hydrogen-bond donors (Lipinski definition) is 1. The summed E-state index contributed by atoms with van der Waals surface area (Å²) in [5, 5.41) is 2.23. The van der Waals surface area contributed by atoms with Gasteiger partial charge in [-0.2, -0.15) is 0 Å². The zero-order valence-electron chi connectivity index (χ0n) is 14.0. The molecule has 4 nitrogen and oxygen atoms in total. The van der Waals surface area contributed by atoms with Crippen molar-refractivity contribution in [3.63, 3.8) is 0 Å². The summed E-state index contributed by atoms with van der Waals surface area (Å²) < 4.78 is 77.3. The molecule has 1 N–H and O–H groups in total. The maximum atomic E-state index is 13.7. The van der Waals surface area contributed by atoms with Crippen LogP contribution in [0, 0.1) is 29.1 Å². The molecule has 0 atom stereocenters. The van der Waals surface area contributed by atoms with Gasteiger partial charge in [-0.3, -0.25) is 4.79 Å². The van der Waals surface area contributed by atoms with Crippen LogP contribution in [0.25, 0.3) is 0 Å². The molecule has 0 aliphatic heterocycles. The van der Waals surface area contributed by atoms with E-state index in [4.69, 9.17) is 32.4 Å². The van der Waals surface area contributed by atoms with E-state index in [9.17, 15) is 26.7 Å². The lowest BCUT2D eigenvalue weighted by atomic mass is 10.2. The fourth-order valence-electron chi connectivity index (χ4n) is 2.21. The van der Waals surface area contributed by atoms with Crippen LogP contribution in [0.2, 0.25) is 10.0 Å². The topological polar surface area (TPSA) is 51.5 Å². The molecule has 29 heavy (non-hydrogen) atoms. The second kappa shape index (κ2) is 8.30. The van der Waals surface area contributed by atoms with E-state index < -0.39 is 46.4 Å². The van der Waals surface area contributed by atoms with Crippen LogP contribution < -0.4 is 10.1 Å². The largest absolute Gasteiger partial charge is 0.484 e. The Morgan fingerprint density at radius 3 is 2.17 bits per heavy atom. The highest BCUT2D eigenvalue weighted by molar-refractivity contribution is 6.35. The second-order valence-electron chi connectivity index (χ2n) is 5.53. The Hall–Kier alpha value is -2.78. The molecule has 0 radical (unpaired) electrons. The van der Waals surface area contributed by atoms with Crippen molar-refractivity contribution in [1.82, 2.24) is 0 Å². The van der Waals surface area contributed by atoms with Crippen molar-refractivity contribution in [3.05, 3.63) is 81.0 Å². The Morgan fingerprint density at radius 1 is 0.931 bits per heavy atom. The number of halogens is 7. The van der Waals surface area contributed by atoms with Gasteiger partial charge in [0.15, 0.2) is 29.0 Å². The predicted octanol–water partition coefficient (Wildman–Crippen LogP) is 6.11. The fraction of sp³-hybridized carbons (Fsp3) is 0.0556. The van der Waals surface area contributed by atoms with Crippen LogP contribution in [-0.2, 0) is 6.61 Å². The molecule has 0 spiro atoms. The first kappa shape index (κ1) is 20.9. The summed E-state index contributed by atoms with van der Waals surface area (Å²) in [4.78, 5) is 12.1. The Labute approximate surface area is 169 Å². The summed E-state index contributed by atoms with van der Waals surface area (Å²) >= 11 is 11.7. The average molecular weight is 452 g/mol. The predicted molar refractivity (Wildman–Crippen MR) is 93.7 cm³/mol. The number of furan rings is 1. The summed E-state index contributed by atoms with van der Waals surface area (Å²) in [6.07, 6.45) is 0. The van der Waals surface area contributed by atoms with Crippen molar-refractivity contribution >= 4 is 34.8 Å². The lowest BCUT2D eigenvalue weighted by molar-refractivity contribution is 0.0991. The first-order valence-corrected chi connectivity index (χ1v) is 8.44. The quantitative estimate of drug-likeness (QED) is 0.289. The molecule has 1 aromatic heterocycles. The summed E-state index contributed by atoms with van der Waals surface area (Å²) in [5.41, 5.74) is -1.49. The molecule has 3 aromatic rings. The zero-order valence-corrected chi connectivity index (χ0v) is 15.5. The summed E-state index contributed by atoms with van der Waals surface area (Å²) in [7, 11) is 0. The molecule has 0 aliphatic rings. The van der Waals surface area contributed by atoms with E-state index in [1.165, 1.54) is 24.3 Å². The van der Waals surface area contributed by atoms with Crippen LogP contribution in [0.1, 0.15) is 16.3 Å². The number of nitrogens with one attached hydrogen (secondary N) is 1. The van der Waals surface area contributed by atoms with Crippen LogP contribution in [0.3, 0.4) is 0 Å². The van der Waals surface area contributed by atoms with Crippen LogP contribution >= 0.6 is 23.2 Å². The van der Waals surface area contributed by atoms with Crippen LogP contribution in [-0.4, -0.2) is 5.91 Å². The number of hydrogen-bond acceptors (Lipinski definition) is 3. The van der Waals surface area contributed by atoms with Crippen molar-refractivity contribution < 1.29 is 35.9 Å². The number of benzene rings is 2. The molecule has 0 saturated heterocycles. The van der Waals surface area contributed by atoms with Crippen molar-refractivity contribution in [2.45, 2.75) is 6.61 Å². The van der Waals surface area contributed by atoms with Gasteiger partial charge >= 0.3 is 0 Å². The average Bonchev–Trinajstić information content (AvgIpc) is 3.16. The van der Waals surface area contributed by atoms with E-state index in [2.05, 4.69) is 0 Å². The van der Waals surface area contributed by atoms with Crippen molar-refractivity contribution in [3.8, 4) is 5.75 Å². The Kier molecular flexibility index (Phi) is 5.99. The molecule has 0 aliphatic carbocycles. The van der Waals surface area contributed by atoms with E-state index in [1.54, 1.807) is 5.32 Å². The summed E-state index contributed by atoms with van der Waals surface area (Å²) in [6.45, 7) is -0.169. The zero-order chi connectivity index (χ0) is 21.3. The smallest absolute Gasteiger partial charge is 0.291 e. The molecule has 2 aromatic carbocycles. The van der Waals surface area contributed by atoms with Gasteiger partial charge in [0.05, 0.1) is 5.02 Å². The molecule has 0 unspecified atom stereocenters. The first-order chi connectivity index (χ1) is 13.7. The number of carbonyl (C=O) groups is 1. The highest BCUT2D eigenvalue weighted by Crippen LogP contribution is 2.29. The van der Waals surface area contributed by atoms with Gasteiger partial charge in [-0.05, 0) is 30.3 Å². The Morgan fingerprint density at radius 2 is 1.55 bits per heavy atom. The monoisotopic (exact) mass is 451 g/mol. The van der Waals surface area contributed by atoms with Gasteiger partial charge in [-0.25, -0.2) is 22.0 Å². The minimum absolute atomic E-state index is 0.124. The molecule has 0 bridgehead atoms. The van der Waals surface area contributed by atoms with Crippen LogP contribution in [0.4, 0.5) is 27.6 Å². The number of amides is 1. The molecule has 0 saturated carbocycles. The molecular weight excluding hydrogens is 444 g/mol. The van der Waals surface area contributed by atoms with Gasteiger partial charge in [0.2, 0.25) is 5.82 Å². The standard InChI is InChI=1S/C18H8Cl2F5NO3/c19-7-1-3-10(9(20)5-7)28-6-8-2-4-11(29-8)18(27)26-17-15(24)13(22)12(21)14(23)16(17)25/h1-5H,6H2,(H,26,27). The molecule has 152 valence electrons. The molecule has 11 heteroatoms. The molecule has 1 amide bonds. The lowest BCUT2D eigenvalue weighted by Gasteiger charge is -2.09. The molecule has 0 fully saturated rings. The SMILES string of the molecule is O=C(Nc1c(F)c(F)c(F)c(F)c1F)c1ccc(COc2ccc(Cl)cc2Cl)o1. The number of rotatable bonds is 5. The number of ether oxygens (including phenoxy) is 1. The summed E-state index contributed by atoms with van der Waals surface area (Å²) in [6, 6.07) is 6.93. The minimum Gasteiger partial charge on any atom is -0.484 e. The third-order valence-electron chi connectivity index (χ3n) is 3.60.